The molecule has 0 aliphatic carbocycles. The van der Waals surface area contributed by atoms with Crippen molar-refractivity contribution in [2.45, 2.75) is 26.7 Å². The molecule has 1 aliphatic rings. The van der Waals surface area contributed by atoms with Crippen molar-refractivity contribution in [1.82, 2.24) is 9.88 Å². The third kappa shape index (κ3) is 4.46. The Balaban J connectivity index is 1.64. The van der Waals surface area contributed by atoms with Crippen molar-refractivity contribution in [1.29, 1.82) is 0 Å². The molecule has 0 saturated carbocycles. The van der Waals surface area contributed by atoms with Crippen LogP contribution in [0.4, 0.5) is 15.8 Å². The molecule has 0 unspecified atom stereocenters. The maximum atomic E-state index is 4.49. The maximum Gasteiger partial charge on any atom is 0.205 e. The van der Waals surface area contributed by atoms with Gasteiger partial charge in [-0.2, -0.15) is 5.10 Å². The van der Waals surface area contributed by atoms with Crippen LogP contribution in [-0.4, -0.2) is 35.7 Å². The lowest BCUT2D eigenvalue weighted by atomic mass is 10.1. The molecule has 1 fully saturated rings. The van der Waals surface area contributed by atoms with Crippen LogP contribution in [0.5, 0.6) is 0 Å². The van der Waals surface area contributed by atoms with Crippen LogP contribution >= 0.6 is 11.3 Å². The number of nitrogens with one attached hydrogen (secondary N) is 1. The number of azo groups is 1. The largest absolute Gasteiger partial charge is 0.306 e. The zero-order chi connectivity index (χ0) is 16.9. The zero-order valence-corrected chi connectivity index (χ0v) is 15.1. The summed E-state index contributed by atoms with van der Waals surface area (Å²) in [6.45, 7) is 6.12. The van der Waals surface area contributed by atoms with E-state index in [1.165, 1.54) is 22.6 Å². The van der Waals surface area contributed by atoms with Crippen LogP contribution in [0.1, 0.15) is 24.1 Å². The number of hydrogen-bond acceptors (Lipinski definition) is 7. The van der Waals surface area contributed by atoms with Gasteiger partial charge in [-0.1, -0.05) is 29.0 Å². The fourth-order valence-electron chi connectivity index (χ4n) is 2.36. The summed E-state index contributed by atoms with van der Waals surface area (Å²) in [6, 6.07) is 7.97. The molecule has 0 spiro atoms. The standard InChI is InChI=1S/C17H22N6S/c1-12-4-6-14(7-5-12)19-21-16-13(2)18-17(24-16)22-20-15-8-10-23(3)11-9-15/h4-7H,8-11H2,1-3H3,(H,18,22). The first kappa shape index (κ1) is 16.7. The van der Waals surface area contributed by atoms with Crippen molar-refractivity contribution in [2.24, 2.45) is 15.3 Å². The number of likely N-dealkylation sites (tertiary alicyclic amines) is 1. The highest BCUT2D eigenvalue weighted by Crippen LogP contribution is 2.32. The van der Waals surface area contributed by atoms with E-state index in [2.05, 4.69) is 44.6 Å². The molecule has 1 N–H and O–H groups in total. The van der Waals surface area contributed by atoms with Crippen LogP contribution in [0.3, 0.4) is 0 Å². The van der Waals surface area contributed by atoms with Crippen LogP contribution in [0.25, 0.3) is 0 Å². The number of piperidine rings is 1. The van der Waals surface area contributed by atoms with E-state index >= 15 is 0 Å². The Morgan fingerprint density at radius 1 is 1.08 bits per heavy atom. The van der Waals surface area contributed by atoms with E-state index < -0.39 is 0 Å². The van der Waals surface area contributed by atoms with Crippen LogP contribution in [0, 0.1) is 13.8 Å². The van der Waals surface area contributed by atoms with Crippen molar-refractivity contribution in [3.63, 3.8) is 0 Å². The summed E-state index contributed by atoms with van der Waals surface area (Å²) in [4.78, 5) is 6.79. The lowest BCUT2D eigenvalue weighted by Gasteiger charge is -2.22. The van der Waals surface area contributed by atoms with Crippen LogP contribution in [0.2, 0.25) is 0 Å². The molecule has 24 heavy (non-hydrogen) atoms. The first-order valence-corrected chi connectivity index (χ1v) is 8.87. The molecule has 2 aromatic rings. The number of thiazole rings is 1. The van der Waals surface area contributed by atoms with Crippen LogP contribution in [-0.2, 0) is 0 Å². The third-order valence-corrected chi connectivity index (χ3v) is 4.88. The lowest BCUT2D eigenvalue weighted by molar-refractivity contribution is 0.336. The molecular weight excluding hydrogens is 320 g/mol. The Hall–Kier alpha value is -2.12. The van der Waals surface area contributed by atoms with Gasteiger partial charge in [-0.3, -0.25) is 5.43 Å². The Labute approximate surface area is 146 Å². The molecular formula is C17H22N6S. The van der Waals surface area contributed by atoms with E-state index in [4.69, 9.17) is 0 Å². The average molecular weight is 342 g/mol. The average Bonchev–Trinajstić information content (AvgIpc) is 2.94. The molecule has 3 rings (SSSR count). The predicted octanol–water partition coefficient (Wildman–Crippen LogP) is 4.67. The molecule has 6 nitrogen and oxygen atoms in total. The van der Waals surface area contributed by atoms with E-state index in [1.807, 2.05) is 31.2 Å². The van der Waals surface area contributed by atoms with Gasteiger partial charge in [0, 0.05) is 31.6 Å². The molecule has 7 heteroatoms. The number of aromatic nitrogens is 1. The van der Waals surface area contributed by atoms with Crippen LogP contribution in [0.15, 0.2) is 39.6 Å². The van der Waals surface area contributed by atoms with Gasteiger partial charge in [-0.15, -0.1) is 10.2 Å². The number of aryl methyl sites for hydroxylation is 2. The SMILES string of the molecule is Cc1ccc(N=Nc2sc(NN=C3CCN(C)CC3)nc2C)cc1. The molecule has 1 aromatic heterocycles. The smallest absolute Gasteiger partial charge is 0.205 e. The Kier molecular flexibility index (Phi) is 5.32. The van der Waals surface area contributed by atoms with Gasteiger partial charge in [0.25, 0.3) is 0 Å². The Morgan fingerprint density at radius 2 is 1.79 bits per heavy atom. The van der Waals surface area contributed by atoms with E-state index in [0.29, 0.717) is 0 Å². The highest BCUT2D eigenvalue weighted by atomic mass is 32.1. The van der Waals surface area contributed by atoms with Gasteiger partial charge in [0.2, 0.25) is 5.13 Å². The lowest BCUT2D eigenvalue weighted by Crippen LogP contribution is -2.30. The van der Waals surface area contributed by atoms with Crippen molar-refractivity contribution >= 4 is 32.9 Å². The van der Waals surface area contributed by atoms with Gasteiger partial charge < -0.3 is 4.90 Å². The summed E-state index contributed by atoms with van der Waals surface area (Å²) in [6.07, 6.45) is 2.02. The first-order chi connectivity index (χ1) is 11.6. The zero-order valence-electron chi connectivity index (χ0n) is 14.3. The monoisotopic (exact) mass is 342 g/mol. The third-order valence-electron chi connectivity index (χ3n) is 3.94. The minimum Gasteiger partial charge on any atom is -0.306 e. The minimum absolute atomic E-state index is 0.761. The summed E-state index contributed by atoms with van der Waals surface area (Å²) < 4.78 is 0. The quantitative estimate of drug-likeness (QED) is 0.648. The van der Waals surface area contributed by atoms with Crippen molar-refractivity contribution in [2.75, 3.05) is 25.6 Å². The maximum absolute atomic E-state index is 4.49. The second-order valence-electron chi connectivity index (χ2n) is 6.04. The van der Waals surface area contributed by atoms with Gasteiger partial charge in [0.05, 0.1) is 11.4 Å². The fourth-order valence-corrected chi connectivity index (χ4v) is 3.09. The second-order valence-corrected chi connectivity index (χ2v) is 7.02. The van der Waals surface area contributed by atoms with Gasteiger partial charge in [-0.25, -0.2) is 4.98 Å². The van der Waals surface area contributed by atoms with E-state index in [1.54, 1.807) is 0 Å². The molecule has 0 radical (unpaired) electrons. The van der Waals surface area contributed by atoms with Gasteiger partial charge >= 0.3 is 0 Å². The number of benzene rings is 1. The summed E-state index contributed by atoms with van der Waals surface area (Å²) in [5, 5.41) is 14.6. The highest BCUT2D eigenvalue weighted by molar-refractivity contribution is 7.19. The van der Waals surface area contributed by atoms with E-state index in [9.17, 15) is 0 Å². The van der Waals surface area contributed by atoms with E-state index in [0.717, 1.165) is 47.4 Å². The molecule has 1 aliphatic heterocycles. The van der Waals surface area contributed by atoms with Gasteiger partial charge in [0.15, 0.2) is 5.00 Å². The Bertz CT molecular complexity index is 737. The van der Waals surface area contributed by atoms with E-state index in [-0.39, 0.29) is 0 Å². The molecule has 1 aromatic carbocycles. The number of rotatable bonds is 4. The molecule has 1 saturated heterocycles. The number of hydrogen-bond donors (Lipinski definition) is 1. The number of anilines is 1. The normalized spacial score (nSPS) is 15.9. The molecule has 0 atom stereocenters. The molecule has 0 bridgehead atoms. The topological polar surface area (TPSA) is 65.2 Å². The Morgan fingerprint density at radius 3 is 2.50 bits per heavy atom. The van der Waals surface area contributed by atoms with Gasteiger partial charge in [-0.05, 0) is 33.0 Å². The first-order valence-electron chi connectivity index (χ1n) is 8.06. The summed E-state index contributed by atoms with van der Waals surface area (Å²) >= 11 is 1.47. The van der Waals surface area contributed by atoms with Crippen molar-refractivity contribution in [3.05, 3.63) is 35.5 Å². The van der Waals surface area contributed by atoms with Crippen molar-refractivity contribution < 1.29 is 0 Å². The minimum atomic E-state index is 0.761. The molecule has 0 amide bonds. The summed E-state index contributed by atoms with van der Waals surface area (Å²) in [7, 11) is 2.14. The number of hydrazone groups is 1. The molecule has 2 heterocycles. The highest BCUT2D eigenvalue weighted by Gasteiger charge is 2.12. The predicted molar refractivity (Wildman–Crippen MR) is 100.0 cm³/mol. The summed E-state index contributed by atoms with van der Waals surface area (Å²) in [5.74, 6) is 0. The second kappa shape index (κ2) is 7.63. The fraction of sp³-hybridized carbons (Fsp3) is 0.412. The van der Waals surface area contributed by atoms with Crippen LogP contribution < -0.4 is 5.43 Å². The summed E-state index contributed by atoms with van der Waals surface area (Å²) in [5.41, 5.74) is 7.18. The van der Waals surface area contributed by atoms with Gasteiger partial charge in [0.1, 0.15) is 0 Å². The van der Waals surface area contributed by atoms with Crippen molar-refractivity contribution in [3.8, 4) is 0 Å². The molecule has 126 valence electrons. The number of nitrogens with zero attached hydrogens (tertiary/aromatic N) is 5.